The molecule has 0 unspecified atom stereocenters. The number of hydrogen-bond donors (Lipinski definition) is 1. The van der Waals surface area contributed by atoms with Gasteiger partial charge in [0.25, 0.3) is 5.91 Å². The lowest BCUT2D eigenvalue weighted by Gasteiger charge is -2.29. The average Bonchev–Trinajstić information content (AvgIpc) is 2.99. The van der Waals surface area contributed by atoms with E-state index in [0.717, 1.165) is 24.3 Å². The Kier molecular flexibility index (Phi) is 2.99. The number of amides is 1. The topological polar surface area (TPSA) is 45.3 Å². The van der Waals surface area contributed by atoms with Crippen LogP contribution in [0.2, 0.25) is 0 Å². The molecule has 1 N–H and O–H groups in total. The molecule has 1 aromatic carbocycles. The molecule has 1 aliphatic rings. The van der Waals surface area contributed by atoms with Gasteiger partial charge in [-0.3, -0.25) is 4.79 Å². The number of methoxy groups -OCH3 is 1. The molecule has 4 nitrogen and oxygen atoms in total. The third-order valence-corrected chi connectivity index (χ3v) is 3.57. The molecule has 2 aromatic rings. The minimum absolute atomic E-state index is 0.0431. The van der Waals surface area contributed by atoms with Crippen molar-refractivity contribution in [1.82, 2.24) is 9.88 Å². The average molecular weight is 256 g/mol. The summed E-state index contributed by atoms with van der Waals surface area (Å²) in [6.45, 7) is 1.36. The van der Waals surface area contributed by atoms with E-state index in [1.165, 1.54) is 5.56 Å². The number of rotatable bonds is 2. The molecule has 1 amide bonds. The van der Waals surface area contributed by atoms with Gasteiger partial charge in [0.1, 0.15) is 11.4 Å². The molecule has 0 saturated carbocycles. The summed E-state index contributed by atoms with van der Waals surface area (Å²) in [7, 11) is 1.67. The molecular weight excluding hydrogens is 240 g/mol. The molecule has 0 fully saturated rings. The smallest absolute Gasteiger partial charge is 0.270 e. The SMILES string of the molecule is COc1cccc2c1CN(C(=O)c1ccc[nH]1)CC2. The molecule has 98 valence electrons. The largest absolute Gasteiger partial charge is 0.496 e. The number of benzene rings is 1. The number of aromatic amines is 1. The van der Waals surface area contributed by atoms with Crippen molar-refractivity contribution in [2.24, 2.45) is 0 Å². The number of aromatic nitrogens is 1. The van der Waals surface area contributed by atoms with Crippen molar-refractivity contribution in [3.05, 3.63) is 53.3 Å². The molecule has 1 aliphatic heterocycles. The second-order valence-corrected chi connectivity index (χ2v) is 4.66. The molecular formula is C15H16N2O2. The van der Waals surface area contributed by atoms with Crippen molar-refractivity contribution in [2.75, 3.05) is 13.7 Å². The first-order valence-corrected chi connectivity index (χ1v) is 6.37. The summed E-state index contributed by atoms with van der Waals surface area (Å²) in [6, 6.07) is 9.70. The zero-order chi connectivity index (χ0) is 13.2. The molecule has 0 bridgehead atoms. The molecule has 0 aliphatic carbocycles. The number of fused-ring (bicyclic) bond motifs is 1. The van der Waals surface area contributed by atoms with E-state index in [1.807, 2.05) is 23.1 Å². The van der Waals surface area contributed by atoms with Crippen LogP contribution in [0.4, 0.5) is 0 Å². The van der Waals surface area contributed by atoms with Crippen molar-refractivity contribution in [2.45, 2.75) is 13.0 Å². The van der Waals surface area contributed by atoms with Crippen LogP contribution in [-0.4, -0.2) is 29.4 Å². The quantitative estimate of drug-likeness (QED) is 0.895. The Hall–Kier alpha value is -2.23. The maximum atomic E-state index is 12.3. The van der Waals surface area contributed by atoms with E-state index in [4.69, 9.17) is 4.74 Å². The predicted octanol–water partition coefficient (Wildman–Crippen LogP) is 2.22. The van der Waals surface area contributed by atoms with Crippen molar-refractivity contribution >= 4 is 5.91 Å². The van der Waals surface area contributed by atoms with Gasteiger partial charge < -0.3 is 14.6 Å². The van der Waals surface area contributed by atoms with E-state index in [1.54, 1.807) is 19.4 Å². The van der Waals surface area contributed by atoms with Gasteiger partial charge in [-0.25, -0.2) is 0 Å². The van der Waals surface area contributed by atoms with Crippen LogP contribution in [0.3, 0.4) is 0 Å². The second kappa shape index (κ2) is 4.80. The van der Waals surface area contributed by atoms with Gasteiger partial charge >= 0.3 is 0 Å². The summed E-state index contributed by atoms with van der Waals surface area (Å²) in [4.78, 5) is 17.1. The third kappa shape index (κ3) is 2.10. The number of nitrogens with zero attached hydrogens (tertiary/aromatic N) is 1. The number of hydrogen-bond acceptors (Lipinski definition) is 2. The van der Waals surface area contributed by atoms with Crippen molar-refractivity contribution in [3.63, 3.8) is 0 Å². The monoisotopic (exact) mass is 256 g/mol. The van der Waals surface area contributed by atoms with Crippen LogP contribution < -0.4 is 4.74 Å². The zero-order valence-corrected chi connectivity index (χ0v) is 10.8. The van der Waals surface area contributed by atoms with Crippen LogP contribution in [-0.2, 0) is 13.0 Å². The number of ether oxygens (including phenoxy) is 1. The van der Waals surface area contributed by atoms with E-state index in [2.05, 4.69) is 11.1 Å². The molecule has 4 heteroatoms. The van der Waals surface area contributed by atoms with Gasteiger partial charge in [0, 0.05) is 24.8 Å². The van der Waals surface area contributed by atoms with E-state index < -0.39 is 0 Å². The number of carbonyl (C=O) groups excluding carboxylic acids is 1. The van der Waals surface area contributed by atoms with Gasteiger partial charge in [-0.1, -0.05) is 12.1 Å². The molecule has 0 saturated heterocycles. The van der Waals surface area contributed by atoms with E-state index in [0.29, 0.717) is 12.2 Å². The highest BCUT2D eigenvalue weighted by Gasteiger charge is 2.24. The second-order valence-electron chi connectivity index (χ2n) is 4.66. The van der Waals surface area contributed by atoms with E-state index >= 15 is 0 Å². The molecule has 2 heterocycles. The Morgan fingerprint density at radius 3 is 2.95 bits per heavy atom. The summed E-state index contributed by atoms with van der Waals surface area (Å²) in [6.07, 6.45) is 2.64. The van der Waals surface area contributed by atoms with E-state index in [9.17, 15) is 4.79 Å². The van der Waals surface area contributed by atoms with Gasteiger partial charge in [0.2, 0.25) is 0 Å². The first-order chi connectivity index (χ1) is 9.29. The summed E-state index contributed by atoms with van der Waals surface area (Å²) >= 11 is 0. The van der Waals surface area contributed by atoms with Crippen LogP contribution in [0.5, 0.6) is 5.75 Å². The zero-order valence-electron chi connectivity index (χ0n) is 10.8. The standard InChI is InChI=1S/C15H16N2O2/c1-19-14-6-2-4-11-7-9-17(10-12(11)14)15(18)13-5-3-8-16-13/h2-6,8,16H,7,9-10H2,1H3. The van der Waals surface area contributed by atoms with Gasteiger partial charge in [-0.15, -0.1) is 0 Å². The van der Waals surface area contributed by atoms with Crippen LogP contribution in [0.1, 0.15) is 21.6 Å². The molecule has 19 heavy (non-hydrogen) atoms. The van der Waals surface area contributed by atoms with Crippen molar-refractivity contribution < 1.29 is 9.53 Å². The highest BCUT2D eigenvalue weighted by Crippen LogP contribution is 2.28. The minimum Gasteiger partial charge on any atom is -0.496 e. The summed E-state index contributed by atoms with van der Waals surface area (Å²) < 4.78 is 5.39. The highest BCUT2D eigenvalue weighted by molar-refractivity contribution is 5.92. The van der Waals surface area contributed by atoms with Crippen molar-refractivity contribution in [1.29, 1.82) is 0 Å². The minimum atomic E-state index is 0.0431. The van der Waals surface area contributed by atoms with Crippen LogP contribution in [0.25, 0.3) is 0 Å². The predicted molar refractivity (Wildman–Crippen MR) is 72.2 cm³/mol. The maximum absolute atomic E-state index is 12.3. The van der Waals surface area contributed by atoms with Gasteiger partial charge in [-0.05, 0) is 30.2 Å². The first-order valence-electron chi connectivity index (χ1n) is 6.37. The van der Waals surface area contributed by atoms with Gasteiger partial charge in [0.05, 0.1) is 7.11 Å². The normalized spacial score (nSPS) is 14.1. The van der Waals surface area contributed by atoms with Crippen LogP contribution in [0.15, 0.2) is 36.5 Å². The number of nitrogens with one attached hydrogen (secondary N) is 1. The Balaban J connectivity index is 1.87. The van der Waals surface area contributed by atoms with Gasteiger partial charge in [-0.2, -0.15) is 0 Å². The summed E-state index contributed by atoms with van der Waals surface area (Å²) in [5, 5.41) is 0. The fraction of sp³-hybridized carbons (Fsp3) is 0.267. The molecule has 0 radical (unpaired) electrons. The van der Waals surface area contributed by atoms with Crippen molar-refractivity contribution in [3.8, 4) is 5.75 Å². The summed E-state index contributed by atoms with van der Waals surface area (Å²) in [5.74, 6) is 0.906. The summed E-state index contributed by atoms with van der Waals surface area (Å²) in [5.41, 5.74) is 3.03. The fourth-order valence-corrected chi connectivity index (χ4v) is 2.55. The first kappa shape index (κ1) is 11.8. The van der Waals surface area contributed by atoms with Crippen LogP contribution >= 0.6 is 0 Å². The lowest BCUT2D eigenvalue weighted by Crippen LogP contribution is -2.36. The Morgan fingerprint density at radius 1 is 1.32 bits per heavy atom. The Morgan fingerprint density at radius 2 is 2.21 bits per heavy atom. The lowest BCUT2D eigenvalue weighted by molar-refractivity contribution is 0.0728. The molecule has 1 aromatic heterocycles. The van der Waals surface area contributed by atoms with Crippen LogP contribution in [0, 0.1) is 0 Å². The number of carbonyl (C=O) groups is 1. The Labute approximate surface area is 112 Å². The maximum Gasteiger partial charge on any atom is 0.270 e. The Bertz CT molecular complexity index is 576. The molecule has 3 rings (SSSR count). The lowest BCUT2D eigenvalue weighted by atomic mass is 9.98. The highest BCUT2D eigenvalue weighted by atomic mass is 16.5. The van der Waals surface area contributed by atoms with E-state index in [-0.39, 0.29) is 5.91 Å². The third-order valence-electron chi connectivity index (χ3n) is 3.57. The molecule has 0 atom stereocenters. The molecule has 0 spiro atoms. The fourth-order valence-electron chi connectivity index (χ4n) is 2.55. The number of H-pyrrole nitrogens is 1. The van der Waals surface area contributed by atoms with Gasteiger partial charge in [0.15, 0.2) is 0 Å².